The van der Waals surface area contributed by atoms with Crippen molar-refractivity contribution in [3.05, 3.63) is 29.3 Å². The maximum absolute atomic E-state index is 11.9. The first-order valence-electron chi connectivity index (χ1n) is 6.42. The minimum atomic E-state index is -0.252. The molecule has 5 nitrogen and oxygen atoms in total. The third-order valence-electron chi connectivity index (χ3n) is 3.15. The Balaban J connectivity index is 1.82. The number of carbonyl (C=O) groups excluding carboxylic acids is 2. The number of rotatable bonds is 5. The predicted octanol–water partition coefficient (Wildman–Crippen LogP) is 1.34. The van der Waals surface area contributed by atoms with Crippen molar-refractivity contribution >= 4 is 17.6 Å². The van der Waals surface area contributed by atoms with E-state index in [1.54, 1.807) is 0 Å². The SMILES string of the molecule is COC(=O)CCCNC(=O)c1ccc2c(c1)CCN2. The number of hydrogen-bond acceptors (Lipinski definition) is 4. The van der Waals surface area contributed by atoms with Crippen LogP contribution < -0.4 is 10.6 Å². The topological polar surface area (TPSA) is 67.4 Å². The number of anilines is 1. The van der Waals surface area contributed by atoms with Gasteiger partial charge < -0.3 is 15.4 Å². The average Bonchev–Trinajstić information content (AvgIpc) is 2.90. The van der Waals surface area contributed by atoms with E-state index < -0.39 is 0 Å². The molecule has 1 aliphatic rings. The molecule has 0 radical (unpaired) electrons. The summed E-state index contributed by atoms with van der Waals surface area (Å²) < 4.78 is 4.53. The zero-order chi connectivity index (χ0) is 13.7. The lowest BCUT2D eigenvalue weighted by Gasteiger charge is -2.06. The van der Waals surface area contributed by atoms with E-state index >= 15 is 0 Å². The van der Waals surface area contributed by atoms with E-state index in [-0.39, 0.29) is 11.9 Å². The molecule has 0 spiro atoms. The van der Waals surface area contributed by atoms with E-state index in [0.717, 1.165) is 18.7 Å². The van der Waals surface area contributed by atoms with Gasteiger partial charge in [-0.05, 0) is 36.6 Å². The molecule has 0 aliphatic carbocycles. The highest BCUT2D eigenvalue weighted by atomic mass is 16.5. The van der Waals surface area contributed by atoms with Crippen LogP contribution in [0.5, 0.6) is 0 Å². The van der Waals surface area contributed by atoms with Crippen molar-refractivity contribution in [3.8, 4) is 0 Å². The number of carbonyl (C=O) groups is 2. The van der Waals surface area contributed by atoms with Crippen molar-refractivity contribution in [2.24, 2.45) is 0 Å². The van der Waals surface area contributed by atoms with Gasteiger partial charge in [0.25, 0.3) is 5.91 Å². The van der Waals surface area contributed by atoms with Crippen molar-refractivity contribution in [2.45, 2.75) is 19.3 Å². The molecule has 0 saturated heterocycles. The van der Waals surface area contributed by atoms with Crippen molar-refractivity contribution in [2.75, 3.05) is 25.5 Å². The molecular formula is C14H18N2O3. The number of nitrogens with one attached hydrogen (secondary N) is 2. The summed E-state index contributed by atoms with van der Waals surface area (Å²) in [7, 11) is 1.36. The lowest BCUT2D eigenvalue weighted by Crippen LogP contribution is -2.25. The van der Waals surface area contributed by atoms with Crippen molar-refractivity contribution in [1.82, 2.24) is 5.32 Å². The summed E-state index contributed by atoms with van der Waals surface area (Å²) in [5.41, 5.74) is 2.96. The second-order valence-corrected chi connectivity index (χ2v) is 4.48. The molecule has 5 heteroatoms. The summed E-state index contributed by atoms with van der Waals surface area (Å²) in [5.74, 6) is -0.350. The minimum absolute atomic E-state index is 0.0976. The molecule has 1 aromatic carbocycles. The third-order valence-corrected chi connectivity index (χ3v) is 3.15. The van der Waals surface area contributed by atoms with Gasteiger partial charge in [0.2, 0.25) is 0 Å². The number of methoxy groups -OCH3 is 1. The van der Waals surface area contributed by atoms with Gasteiger partial charge in [0.1, 0.15) is 0 Å². The highest BCUT2D eigenvalue weighted by Crippen LogP contribution is 2.22. The van der Waals surface area contributed by atoms with Crippen LogP contribution in [0.3, 0.4) is 0 Å². The molecule has 1 aromatic rings. The first-order valence-corrected chi connectivity index (χ1v) is 6.42. The minimum Gasteiger partial charge on any atom is -0.469 e. The van der Waals surface area contributed by atoms with Crippen LogP contribution in [0, 0.1) is 0 Å². The Kier molecular flexibility index (Phi) is 4.39. The smallest absolute Gasteiger partial charge is 0.305 e. The van der Waals surface area contributed by atoms with E-state index in [1.807, 2.05) is 18.2 Å². The first kappa shape index (κ1) is 13.4. The highest BCUT2D eigenvalue weighted by Gasteiger charge is 2.13. The van der Waals surface area contributed by atoms with Gasteiger partial charge in [-0.3, -0.25) is 9.59 Å². The van der Waals surface area contributed by atoms with Crippen LogP contribution in [0.25, 0.3) is 0 Å². The molecule has 0 unspecified atom stereocenters. The number of benzene rings is 1. The summed E-state index contributed by atoms with van der Waals surface area (Å²) in [6, 6.07) is 5.67. The second-order valence-electron chi connectivity index (χ2n) is 4.48. The Morgan fingerprint density at radius 3 is 3.05 bits per heavy atom. The zero-order valence-electron chi connectivity index (χ0n) is 11.0. The van der Waals surface area contributed by atoms with Gasteiger partial charge in [0, 0.05) is 30.8 Å². The molecule has 2 N–H and O–H groups in total. The summed E-state index contributed by atoms with van der Waals surface area (Å²) in [6.45, 7) is 1.41. The van der Waals surface area contributed by atoms with E-state index in [1.165, 1.54) is 12.7 Å². The van der Waals surface area contributed by atoms with Crippen LogP contribution in [-0.2, 0) is 16.0 Å². The fraction of sp³-hybridized carbons (Fsp3) is 0.429. The van der Waals surface area contributed by atoms with E-state index in [0.29, 0.717) is 24.9 Å². The molecule has 0 aromatic heterocycles. The van der Waals surface area contributed by atoms with Gasteiger partial charge in [0.15, 0.2) is 0 Å². The monoisotopic (exact) mass is 262 g/mol. The lowest BCUT2D eigenvalue weighted by molar-refractivity contribution is -0.140. The maximum Gasteiger partial charge on any atom is 0.305 e. The molecular weight excluding hydrogens is 244 g/mol. The predicted molar refractivity (Wildman–Crippen MR) is 72.2 cm³/mol. The van der Waals surface area contributed by atoms with Crippen LogP contribution in [0.1, 0.15) is 28.8 Å². The number of hydrogen-bond donors (Lipinski definition) is 2. The molecule has 1 amide bonds. The van der Waals surface area contributed by atoms with Crippen molar-refractivity contribution < 1.29 is 14.3 Å². The Labute approximate surface area is 112 Å². The summed E-state index contributed by atoms with van der Waals surface area (Å²) in [6.07, 6.45) is 1.87. The zero-order valence-corrected chi connectivity index (χ0v) is 11.0. The Morgan fingerprint density at radius 2 is 2.26 bits per heavy atom. The fourth-order valence-electron chi connectivity index (χ4n) is 2.08. The number of esters is 1. The van der Waals surface area contributed by atoms with Gasteiger partial charge >= 0.3 is 5.97 Å². The van der Waals surface area contributed by atoms with Crippen LogP contribution in [0.4, 0.5) is 5.69 Å². The van der Waals surface area contributed by atoms with Gasteiger partial charge in [-0.15, -0.1) is 0 Å². The van der Waals surface area contributed by atoms with Gasteiger partial charge in [0.05, 0.1) is 7.11 Å². The van der Waals surface area contributed by atoms with Crippen LogP contribution in [0.15, 0.2) is 18.2 Å². The van der Waals surface area contributed by atoms with Gasteiger partial charge in [-0.25, -0.2) is 0 Å². The van der Waals surface area contributed by atoms with Gasteiger partial charge in [-0.2, -0.15) is 0 Å². The Morgan fingerprint density at radius 1 is 1.42 bits per heavy atom. The van der Waals surface area contributed by atoms with E-state index in [4.69, 9.17) is 0 Å². The first-order chi connectivity index (χ1) is 9.20. The molecule has 2 rings (SSSR count). The highest BCUT2D eigenvalue weighted by molar-refractivity contribution is 5.95. The molecule has 0 fully saturated rings. The molecule has 1 heterocycles. The van der Waals surface area contributed by atoms with Crippen LogP contribution in [0.2, 0.25) is 0 Å². The van der Waals surface area contributed by atoms with Crippen LogP contribution >= 0.6 is 0 Å². The average molecular weight is 262 g/mol. The van der Waals surface area contributed by atoms with Gasteiger partial charge in [-0.1, -0.05) is 0 Å². The lowest BCUT2D eigenvalue weighted by atomic mass is 10.1. The third kappa shape index (κ3) is 3.47. The summed E-state index contributed by atoms with van der Waals surface area (Å²) in [4.78, 5) is 22.8. The molecule has 19 heavy (non-hydrogen) atoms. The summed E-state index contributed by atoms with van der Waals surface area (Å²) >= 11 is 0. The standard InChI is InChI=1S/C14H18N2O3/c1-19-13(17)3-2-7-16-14(18)11-4-5-12-10(9-11)6-8-15-12/h4-5,9,15H,2-3,6-8H2,1H3,(H,16,18). The quantitative estimate of drug-likeness (QED) is 0.620. The number of amides is 1. The number of fused-ring (bicyclic) bond motifs is 1. The van der Waals surface area contributed by atoms with Crippen molar-refractivity contribution in [3.63, 3.8) is 0 Å². The Hall–Kier alpha value is -2.04. The fourth-order valence-corrected chi connectivity index (χ4v) is 2.08. The Bertz CT molecular complexity index is 486. The molecule has 0 bridgehead atoms. The van der Waals surface area contributed by atoms with E-state index in [2.05, 4.69) is 15.4 Å². The van der Waals surface area contributed by atoms with E-state index in [9.17, 15) is 9.59 Å². The number of ether oxygens (including phenoxy) is 1. The second kappa shape index (κ2) is 6.22. The molecule has 102 valence electrons. The molecule has 0 saturated carbocycles. The molecule has 0 atom stereocenters. The molecule has 1 aliphatic heterocycles. The summed E-state index contributed by atoms with van der Waals surface area (Å²) in [5, 5.41) is 6.06. The normalized spacial score (nSPS) is 12.5. The van der Waals surface area contributed by atoms with Crippen LogP contribution in [-0.4, -0.2) is 32.1 Å². The maximum atomic E-state index is 11.9. The largest absolute Gasteiger partial charge is 0.469 e. The van der Waals surface area contributed by atoms with Crippen molar-refractivity contribution in [1.29, 1.82) is 0 Å².